The number of aromatic amines is 1. The molecule has 2 N–H and O–H groups in total. The molecule has 0 fully saturated rings. The molecule has 1 aliphatic heterocycles. The van der Waals surface area contributed by atoms with E-state index >= 15 is 0 Å². The SMILES string of the molecule is O=C(CCNS(=O)(=O)c1cccc(Cl)c1)N1CCc2[nH]c3ccc(Br)cc3c2C1. The minimum absolute atomic E-state index is 0.0382. The molecule has 0 bridgehead atoms. The second-order valence-electron chi connectivity index (χ2n) is 6.94. The summed E-state index contributed by atoms with van der Waals surface area (Å²) in [5, 5.41) is 1.45. The number of hydrogen-bond acceptors (Lipinski definition) is 3. The average Bonchev–Trinajstić information content (AvgIpc) is 3.05. The molecule has 3 aromatic rings. The molecule has 4 rings (SSSR count). The van der Waals surface area contributed by atoms with Crippen LogP contribution in [0.4, 0.5) is 0 Å². The Morgan fingerprint density at radius 2 is 2.07 bits per heavy atom. The minimum atomic E-state index is -3.70. The lowest BCUT2D eigenvalue weighted by atomic mass is 10.0. The molecule has 0 saturated heterocycles. The summed E-state index contributed by atoms with van der Waals surface area (Å²) in [6, 6.07) is 12.1. The lowest BCUT2D eigenvalue weighted by Crippen LogP contribution is -2.37. The third kappa shape index (κ3) is 4.35. The van der Waals surface area contributed by atoms with Crippen LogP contribution in [-0.2, 0) is 27.8 Å². The third-order valence-corrected chi connectivity index (χ3v) is 7.21. The molecule has 0 atom stereocenters. The fraction of sp³-hybridized carbons (Fsp3) is 0.250. The van der Waals surface area contributed by atoms with E-state index in [1.54, 1.807) is 17.0 Å². The molecule has 0 aliphatic carbocycles. The van der Waals surface area contributed by atoms with E-state index in [2.05, 4.69) is 31.7 Å². The van der Waals surface area contributed by atoms with Crippen LogP contribution in [0.3, 0.4) is 0 Å². The Hall–Kier alpha value is -1.87. The normalized spacial score (nSPS) is 14.2. The number of carbonyl (C=O) groups is 1. The van der Waals surface area contributed by atoms with Crippen molar-refractivity contribution in [1.29, 1.82) is 0 Å². The number of amides is 1. The number of sulfonamides is 1. The number of benzene rings is 2. The fourth-order valence-corrected chi connectivity index (χ4v) is 5.26. The number of H-pyrrole nitrogens is 1. The van der Waals surface area contributed by atoms with E-state index in [9.17, 15) is 13.2 Å². The Kier molecular flexibility index (Phi) is 5.70. The zero-order valence-corrected chi connectivity index (χ0v) is 18.6. The van der Waals surface area contributed by atoms with Crippen molar-refractivity contribution in [2.75, 3.05) is 13.1 Å². The molecule has 1 amide bonds. The van der Waals surface area contributed by atoms with Crippen LogP contribution in [0, 0.1) is 0 Å². The number of rotatable bonds is 5. The number of halogens is 2. The maximum absolute atomic E-state index is 12.7. The van der Waals surface area contributed by atoms with Crippen LogP contribution in [0.2, 0.25) is 5.02 Å². The maximum Gasteiger partial charge on any atom is 0.240 e. The Bertz CT molecular complexity index is 1190. The lowest BCUT2D eigenvalue weighted by molar-refractivity contribution is -0.131. The second-order valence-corrected chi connectivity index (χ2v) is 10.1. The Morgan fingerprint density at radius 3 is 2.86 bits per heavy atom. The van der Waals surface area contributed by atoms with E-state index in [1.165, 1.54) is 12.1 Å². The Labute approximate surface area is 182 Å². The summed E-state index contributed by atoms with van der Waals surface area (Å²) >= 11 is 9.36. The van der Waals surface area contributed by atoms with Crippen molar-refractivity contribution < 1.29 is 13.2 Å². The first-order valence-electron chi connectivity index (χ1n) is 9.15. The van der Waals surface area contributed by atoms with Gasteiger partial charge >= 0.3 is 0 Å². The minimum Gasteiger partial charge on any atom is -0.358 e. The van der Waals surface area contributed by atoms with Crippen molar-refractivity contribution in [3.63, 3.8) is 0 Å². The average molecular weight is 497 g/mol. The fourth-order valence-electron chi connectivity index (χ4n) is 3.57. The zero-order valence-electron chi connectivity index (χ0n) is 15.4. The molecule has 1 aliphatic rings. The first-order chi connectivity index (χ1) is 13.8. The van der Waals surface area contributed by atoms with Gasteiger partial charge in [0.05, 0.1) is 4.90 Å². The molecular weight excluding hydrogens is 478 g/mol. The van der Waals surface area contributed by atoms with Gasteiger partial charge in [-0.05, 0) is 36.4 Å². The Balaban J connectivity index is 1.40. The largest absolute Gasteiger partial charge is 0.358 e. The monoisotopic (exact) mass is 495 g/mol. The molecule has 9 heteroatoms. The van der Waals surface area contributed by atoms with E-state index in [0.29, 0.717) is 18.1 Å². The summed E-state index contributed by atoms with van der Waals surface area (Å²) in [5.41, 5.74) is 3.34. The third-order valence-electron chi connectivity index (χ3n) is 5.03. The van der Waals surface area contributed by atoms with Crippen molar-refractivity contribution in [2.24, 2.45) is 0 Å². The highest BCUT2D eigenvalue weighted by atomic mass is 79.9. The van der Waals surface area contributed by atoms with Gasteiger partial charge in [-0.2, -0.15) is 0 Å². The molecule has 2 aromatic carbocycles. The predicted molar refractivity (Wildman–Crippen MR) is 116 cm³/mol. The summed E-state index contributed by atoms with van der Waals surface area (Å²) < 4.78 is 28.2. The number of fused-ring (bicyclic) bond motifs is 3. The van der Waals surface area contributed by atoms with Crippen molar-refractivity contribution in [1.82, 2.24) is 14.6 Å². The molecule has 0 spiro atoms. The number of nitrogens with zero attached hydrogens (tertiary/aromatic N) is 1. The maximum atomic E-state index is 12.7. The van der Waals surface area contributed by atoms with Crippen LogP contribution in [0.15, 0.2) is 51.8 Å². The van der Waals surface area contributed by atoms with Gasteiger partial charge in [-0.1, -0.05) is 33.6 Å². The quantitative estimate of drug-likeness (QED) is 0.563. The predicted octanol–water partition coefficient (Wildman–Crippen LogP) is 3.84. The van der Waals surface area contributed by atoms with E-state index in [1.807, 2.05) is 12.1 Å². The van der Waals surface area contributed by atoms with Crippen molar-refractivity contribution >= 4 is 54.4 Å². The van der Waals surface area contributed by atoms with Crippen molar-refractivity contribution in [3.8, 4) is 0 Å². The van der Waals surface area contributed by atoms with Gasteiger partial charge in [0.1, 0.15) is 0 Å². The summed E-state index contributed by atoms with van der Waals surface area (Å²) in [5.74, 6) is -0.0752. The first kappa shape index (κ1) is 20.4. The van der Waals surface area contributed by atoms with Crippen LogP contribution in [0.1, 0.15) is 17.7 Å². The van der Waals surface area contributed by atoms with E-state index in [4.69, 9.17) is 11.6 Å². The van der Waals surface area contributed by atoms with Gasteiger partial charge in [-0.3, -0.25) is 4.79 Å². The number of hydrogen-bond donors (Lipinski definition) is 2. The molecule has 0 radical (unpaired) electrons. The van der Waals surface area contributed by atoms with Gasteiger partial charge in [0.15, 0.2) is 0 Å². The zero-order chi connectivity index (χ0) is 20.6. The van der Waals surface area contributed by atoms with E-state index in [-0.39, 0.29) is 23.8 Å². The molecule has 0 saturated carbocycles. The first-order valence-corrected chi connectivity index (χ1v) is 11.8. The standard InChI is InChI=1S/C20H19BrClN3O3S/c21-13-4-5-18-16(10-13)17-12-25(9-7-19(17)24-18)20(26)6-8-23-29(27,28)15-3-1-2-14(22)11-15/h1-5,10-11,23-24H,6-9,12H2. The van der Waals surface area contributed by atoms with Gasteiger partial charge < -0.3 is 9.88 Å². The highest BCUT2D eigenvalue weighted by Gasteiger charge is 2.24. The number of nitrogens with one attached hydrogen (secondary N) is 2. The van der Waals surface area contributed by atoms with E-state index < -0.39 is 10.0 Å². The molecular formula is C20H19BrClN3O3S. The molecule has 152 valence electrons. The van der Waals surface area contributed by atoms with Crippen LogP contribution in [0.25, 0.3) is 10.9 Å². The van der Waals surface area contributed by atoms with Crippen molar-refractivity contribution in [3.05, 3.63) is 63.2 Å². The van der Waals surface area contributed by atoms with Gasteiger partial charge in [0.25, 0.3) is 0 Å². The molecule has 1 aromatic heterocycles. The highest BCUT2D eigenvalue weighted by molar-refractivity contribution is 9.10. The summed E-state index contributed by atoms with van der Waals surface area (Å²) in [4.78, 5) is 18.0. The van der Waals surface area contributed by atoms with Crippen LogP contribution in [0.5, 0.6) is 0 Å². The topological polar surface area (TPSA) is 82.3 Å². The Morgan fingerprint density at radius 1 is 1.24 bits per heavy atom. The summed E-state index contributed by atoms with van der Waals surface area (Å²) in [7, 11) is -3.70. The lowest BCUT2D eigenvalue weighted by Gasteiger charge is -2.27. The second kappa shape index (κ2) is 8.10. The molecule has 6 nitrogen and oxygen atoms in total. The highest BCUT2D eigenvalue weighted by Crippen LogP contribution is 2.30. The smallest absolute Gasteiger partial charge is 0.240 e. The van der Waals surface area contributed by atoms with Crippen molar-refractivity contribution in [2.45, 2.75) is 24.3 Å². The van der Waals surface area contributed by atoms with Gasteiger partial charge in [0, 0.05) is 64.1 Å². The van der Waals surface area contributed by atoms with Gasteiger partial charge in [-0.25, -0.2) is 13.1 Å². The summed E-state index contributed by atoms with van der Waals surface area (Å²) in [6.45, 7) is 1.17. The van der Waals surface area contributed by atoms with E-state index in [0.717, 1.165) is 33.1 Å². The van der Waals surface area contributed by atoms with Gasteiger partial charge in [0.2, 0.25) is 15.9 Å². The molecule has 2 heterocycles. The molecule has 0 unspecified atom stereocenters. The van der Waals surface area contributed by atoms with Crippen LogP contribution >= 0.6 is 27.5 Å². The molecule has 29 heavy (non-hydrogen) atoms. The number of carbonyl (C=O) groups excluding carboxylic acids is 1. The van der Waals surface area contributed by atoms with Crippen LogP contribution < -0.4 is 4.72 Å². The summed E-state index contributed by atoms with van der Waals surface area (Å²) in [6.07, 6.45) is 0.850. The van der Waals surface area contributed by atoms with Crippen LogP contribution in [-0.4, -0.2) is 37.3 Å². The number of aromatic nitrogens is 1. The van der Waals surface area contributed by atoms with Gasteiger partial charge in [-0.15, -0.1) is 0 Å².